The van der Waals surface area contributed by atoms with E-state index in [0.717, 1.165) is 16.7 Å². The van der Waals surface area contributed by atoms with Crippen molar-refractivity contribution < 1.29 is 5.11 Å². The average molecular weight is 341 g/mol. The predicted octanol–water partition coefficient (Wildman–Crippen LogP) is 3.61. The van der Waals surface area contributed by atoms with Crippen molar-refractivity contribution in [2.45, 2.75) is 12.1 Å². The first kappa shape index (κ1) is 16.2. The lowest BCUT2D eigenvalue weighted by Crippen LogP contribution is -2.29. The molecule has 4 heteroatoms. The minimum atomic E-state index is -1.35. The molecule has 4 nitrogen and oxygen atoms in total. The van der Waals surface area contributed by atoms with Gasteiger partial charge in [-0.25, -0.2) is 0 Å². The highest BCUT2D eigenvalue weighted by atomic mass is 16.3. The number of benzene rings is 3. The molecule has 1 N–H and O–H groups in total. The van der Waals surface area contributed by atoms with Gasteiger partial charge in [0.15, 0.2) is 5.60 Å². The SMILES string of the molecule is OC(c1ccccc1)(c1ccccc1)c1cnn(Cc2ccccc2)n1. The molecule has 0 saturated carbocycles. The second kappa shape index (κ2) is 6.94. The summed E-state index contributed by atoms with van der Waals surface area (Å²) >= 11 is 0. The zero-order valence-electron chi connectivity index (χ0n) is 14.2. The molecule has 0 fully saturated rings. The van der Waals surface area contributed by atoms with Crippen LogP contribution in [0.3, 0.4) is 0 Å². The lowest BCUT2D eigenvalue weighted by atomic mass is 9.84. The van der Waals surface area contributed by atoms with Crippen molar-refractivity contribution in [2.24, 2.45) is 0 Å². The van der Waals surface area contributed by atoms with Crippen molar-refractivity contribution in [3.05, 3.63) is 120 Å². The van der Waals surface area contributed by atoms with Gasteiger partial charge in [-0.05, 0) is 16.7 Å². The van der Waals surface area contributed by atoms with Gasteiger partial charge in [0.25, 0.3) is 0 Å². The second-order valence-corrected chi connectivity index (χ2v) is 6.19. The molecule has 0 radical (unpaired) electrons. The standard InChI is InChI=1S/C22H19N3O/c26-22(19-12-6-2-7-13-19,20-14-8-3-9-15-20)21-16-23-25(24-21)17-18-10-4-1-5-11-18/h1-16,26H,17H2. The molecule has 4 rings (SSSR count). The Bertz CT molecular complexity index is 926. The van der Waals surface area contributed by atoms with Crippen LogP contribution in [0.2, 0.25) is 0 Å². The molecule has 4 aromatic rings. The largest absolute Gasteiger partial charge is 0.374 e. The van der Waals surface area contributed by atoms with E-state index < -0.39 is 5.60 Å². The summed E-state index contributed by atoms with van der Waals surface area (Å²) < 4.78 is 0. The van der Waals surface area contributed by atoms with Gasteiger partial charge >= 0.3 is 0 Å². The summed E-state index contributed by atoms with van der Waals surface area (Å²) in [7, 11) is 0. The molecule has 26 heavy (non-hydrogen) atoms. The molecule has 0 saturated heterocycles. The van der Waals surface area contributed by atoms with Crippen molar-refractivity contribution in [3.63, 3.8) is 0 Å². The highest BCUT2D eigenvalue weighted by Crippen LogP contribution is 2.35. The van der Waals surface area contributed by atoms with E-state index in [-0.39, 0.29) is 0 Å². The third-order valence-electron chi connectivity index (χ3n) is 4.46. The fraction of sp³-hybridized carbons (Fsp3) is 0.0909. The van der Waals surface area contributed by atoms with E-state index >= 15 is 0 Å². The van der Waals surface area contributed by atoms with Gasteiger partial charge in [-0.15, -0.1) is 0 Å². The van der Waals surface area contributed by atoms with Crippen LogP contribution in [0.1, 0.15) is 22.4 Å². The van der Waals surface area contributed by atoms with E-state index in [9.17, 15) is 5.11 Å². The molecule has 1 aromatic heterocycles. The molecular weight excluding hydrogens is 322 g/mol. The third-order valence-corrected chi connectivity index (χ3v) is 4.46. The first-order valence-corrected chi connectivity index (χ1v) is 8.55. The Kier molecular flexibility index (Phi) is 4.33. The summed E-state index contributed by atoms with van der Waals surface area (Å²) in [6, 6.07) is 29.2. The van der Waals surface area contributed by atoms with Gasteiger partial charge in [0, 0.05) is 0 Å². The van der Waals surface area contributed by atoms with Crippen LogP contribution in [0.5, 0.6) is 0 Å². The molecule has 1 heterocycles. The number of hydrogen-bond donors (Lipinski definition) is 1. The van der Waals surface area contributed by atoms with Gasteiger partial charge in [-0.3, -0.25) is 0 Å². The molecule has 0 bridgehead atoms. The molecule has 0 amide bonds. The Morgan fingerprint density at radius 2 is 1.23 bits per heavy atom. The van der Waals surface area contributed by atoms with E-state index in [1.165, 1.54) is 0 Å². The van der Waals surface area contributed by atoms with Crippen LogP contribution in [0, 0.1) is 0 Å². The minimum Gasteiger partial charge on any atom is -0.374 e. The summed E-state index contributed by atoms with van der Waals surface area (Å²) in [5.74, 6) is 0. The molecule has 0 aliphatic carbocycles. The Morgan fingerprint density at radius 1 is 0.731 bits per heavy atom. The molecule has 128 valence electrons. The van der Waals surface area contributed by atoms with E-state index in [4.69, 9.17) is 0 Å². The predicted molar refractivity (Wildman–Crippen MR) is 101 cm³/mol. The zero-order valence-corrected chi connectivity index (χ0v) is 14.2. The first-order chi connectivity index (χ1) is 12.8. The zero-order chi connectivity index (χ0) is 17.8. The van der Waals surface area contributed by atoms with Crippen LogP contribution in [-0.2, 0) is 12.1 Å². The average Bonchev–Trinajstić information content (AvgIpc) is 3.18. The van der Waals surface area contributed by atoms with Crippen LogP contribution in [0.25, 0.3) is 0 Å². The van der Waals surface area contributed by atoms with Crippen LogP contribution in [-0.4, -0.2) is 20.1 Å². The van der Waals surface area contributed by atoms with Crippen molar-refractivity contribution >= 4 is 0 Å². The molecule has 0 aliphatic heterocycles. The molecular formula is C22H19N3O. The topological polar surface area (TPSA) is 50.9 Å². The maximum Gasteiger partial charge on any atom is 0.160 e. The molecule has 0 spiro atoms. The van der Waals surface area contributed by atoms with E-state index in [1.54, 1.807) is 11.0 Å². The third kappa shape index (κ3) is 3.03. The summed E-state index contributed by atoms with van der Waals surface area (Å²) in [5.41, 5.74) is 1.79. The lowest BCUT2D eigenvalue weighted by molar-refractivity contribution is 0.120. The Morgan fingerprint density at radius 3 is 1.77 bits per heavy atom. The Labute approximate surface area is 152 Å². The summed E-state index contributed by atoms with van der Waals surface area (Å²) in [5, 5.41) is 20.6. The number of nitrogens with zero attached hydrogens (tertiary/aromatic N) is 3. The number of hydrogen-bond acceptors (Lipinski definition) is 3. The molecule has 0 atom stereocenters. The normalized spacial score (nSPS) is 11.4. The van der Waals surface area contributed by atoms with Crippen molar-refractivity contribution in [1.82, 2.24) is 15.0 Å². The van der Waals surface area contributed by atoms with Crippen molar-refractivity contribution in [1.29, 1.82) is 0 Å². The highest BCUT2D eigenvalue weighted by Gasteiger charge is 2.36. The quantitative estimate of drug-likeness (QED) is 0.603. The Balaban J connectivity index is 1.76. The maximum atomic E-state index is 11.7. The van der Waals surface area contributed by atoms with Crippen molar-refractivity contribution in [3.8, 4) is 0 Å². The van der Waals surface area contributed by atoms with Crippen LogP contribution in [0.4, 0.5) is 0 Å². The summed E-state index contributed by atoms with van der Waals surface area (Å²) in [4.78, 5) is 1.61. The lowest BCUT2D eigenvalue weighted by Gasteiger charge is -2.27. The molecule has 0 aliphatic rings. The highest BCUT2D eigenvalue weighted by molar-refractivity contribution is 5.43. The summed E-state index contributed by atoms with van der Waals surface area (Å²) in [6.07, 6.45) is 1.64. The van der Waals surface area contributed by atoms with Crippen molar-refractivity contribution in [2.75, 3.05) is 0 Å². The van der Waals surface area contributed by atoms with Gasteiger partial charge in [-0.1, -0.05) is 91.0 Å². The van der Waals surface area contributed by atoms with E-state index in [0.29, 0.717) is 12.2 Å². The van der Waals surface area contributed by atoms with Crippen LogP contribution < -0.4 is 0 Å². The fourth-order valence-electron chi connectivity index (χ4n) is 3.11. The molecule has 0 unspecified atom stereocenters. The van der Waals surface area contributed by atoms with E-state index in [2.05, 4.69) is 10.2 Å². The van der Waals surface area contributed by atoms with Gasteiger partial charge in [0.2, 0.25) is 0 Å². The van der Waals surface area contributed by atoms with E-state index in [1.807, 2.05) is 91.0 Å². The van der Waals surface area contributed by atoms with Gasteiger partial charge in [0.05, 0.1) is 12.7 Å². The van der Waals surface area contributed by atoms with Crippen LogP contribution in [0.15, 0.2) is 97.2 Å². The maximum absolute atomic E-state index is 11.7. The number of aliphatic hydroxyl groups is 1. The van der Waals surface area contributed by atoms with Gasteiger partial charge < -0.3 is 5.11 Å². The monoisotopic (exact) mass is 341 g/mol. The minimum absolute atomic E-state index is 0.505. The van der Waals surface area contributed by atoms with Crippen LogP contribution >= 0.6 is 0 Å². The Hall–Kier alpha value is -3.24. The number of aromatic nitrogens is 3. The summed E-state index contributed by atoms with van der Waals surface area (Å²) in [6.45, 7) is 0.556. The fourth-order valence-corrected chi connectivity index (χ4v) is 3.11. The van der Waals surface area contributed by atoms with Gasteiger partial charge in [0.1, 0.15) is 5.69 Å². The second-order valence-electron chi connectivity index (χ2n) is 6.19. The molecule has 3 aromatic carbocycles. The van der Waals surface area contributed by atoms with Gasteiger partial charge in [-0.2, -0.15) is 15.0 Å². The number of rotatable bonds is 5. The first-order valence-electron chi connectivity index (χ1n) is 8.55. The smallest absolute Gasteiger partial charge is 0.160 e.